The van der Waals surface area contributed by atoms with Crippen molar-refractivity contribution in [2.75, 3.05) is 0 Å². The Hall–Kier alpha value is -2.84. The Labute approximate surface area is 130 Å². The van der Waals surface area contributed by atoms with Crippen LogP contribution in [0.25, 0.3) is 22.3 Å². The van der Waals surface area contributed by atoms with Crippen molar-refractivity contribution in [2.24, 2.45) is 0 Å². The summed E-state index contributed by atoms with van der Waals surface area (Å²) >= 11 is 5.84. The molecule has 0 N–H and O–H groups in total. The Balaban J connectivity index is 2.48. The summed E-state index contributed by atoms with van der Waals surface area (Å²) in [5, 5.41) is 22.5. The Bertz CT molecular complexity index is 985. The van der Waals surface area contributed by atoms with Crippen LogP contribution < -0.4 is 4.43 Å². The molecule has 3 aromatic rings. The minimum Gasteiger partial charge on any atom is -0.805 e. The van der Waals surface area contributed by atoms with Crippen LogP contribution in [0, 0.1) is 28.4 Å². The highest BCUT2D eigenvalue weighted by Gasteiger charge is 2.23. The average Bonchev–Trinajstić information content (AvgIpc) is 2.51. The molecule has 0 bridgehead atoms. The Morgan fingerprint density at radius 2 is 1.91 bits per heavy atom. The second-order valence-electron chi connectivity index (χ2n) is 4.90. The van der Waals surface area contributed by atoms with Crippen molar-refractivity contribution in [3.8, 4) is 17.3 Å². The molecule has 6 heteroatoms. The van der Waals surface area contributed by atoms with E-state index in [0.717, 1.165) is 5.56 Å². The monoisotopic (exact) mass is 311 g/mol. The molecule has 0 spiro atoms. The number of benzene rings is 2. The number of halogens is 1. The van der Waals surface area contributed by atoms with Gasteiger partial charge in [-0.05, 0) is 30.7 Å². The maximum atomic E-state index is 12.7. The summed E-state index contributed by atoms with van der Waals surface area (Å²) in [6.45, 7) is 1.83. The van der Waals surface area contributed by atoms with Gasteiger partial charge in [0.15, 0.2) is 6.07 Å². The molecule has 0 saturated heterocycles. The quantitative estimate of drug-likeness (QED) is 0.646. The number of nitriles is 1. The van der Waals surface area contributed by atoms with Gasteiger partial charge < -0.3 is 9.94 Å². The number of nitrogens with zero attached hydrogens (tertiary/aromatic N) is 3. The van der Waals surface area contributed by atoms with Crippen molar-refractivity contribution in [1.29, 1.82) is 5.26 Å². The molecular weight excluding hydrogens is 302 g/mol. The standard InChI is InChI=1S/C16H10ClN3O2/c1-10-2-7-13-14(8-10)20(22)16(15(9-18)19(13)21)11-3-5-12(17)6-4-11/h2-8H,1H3. The number of hydrogen-bond donors (Lipinski definition) is 0. The van der Waals surface area contributed by atoms with Gasteiger partial charge in [-0.3, -0.25) is 0 Å². The third kappa shape index (κ3) is 2.10. The van der Waals surface area contributed by atoms with Crippen molar-refractivity contribution < 1.29 is 4.43 Å². The highest BCUT2D eigenvalue weighted by Crippen LogP contribution is 2.26. The molecule has 0 amide bonds. The molecule has 0 aliphatic carbocycles. The van der Waals surface area contributed by atoms with Gasteiger partial charge in [0.1, 0.15) is 11.2 Å². The molecule has 0 aliphatic heterocycles. The van der Waals surface area contributed by atoms with Gasteiger partial charge in [0.25, 0.3) is 5.52 Å². The summed E-state index contributed by atoms with van der Waals surface area (Å²) < 4.78 is 1.12. The first kappa shape index (κ1) is 14.1. The molecular formula is C16H10ClN3O2. The van der Waals surface area contributed by atoms with Gasteiger partial charge in [0.05, 0.1) is 4.43 Å². The second kappa shape index (κ2) is 5.17. The van der Waals surface area contributed by atoms with E-state index >= 15 is 0 Å². The maximum Gasteiger partial charge on any atom is 0.363 e. The lowest BCUT2D eigenvalue weighted by atomic mass is 10.1. The normalized spacial score (nSPS) is 10.6. The van der Waals surface area contributed by atoms with E-state index in [1.165, 1.54) is 0 Å². The van der Waals surface area contributed by atoms with Gasteiger partial charge in [-0.25, -0.2) is 0 Å². The molecule has 0 aliphatic rings. The molecule has 0 fully saturated rings. The molecule has 1 aromatic heterocycles. The number of fused-ring (bicyclic) bond motifs is 1. The van der Waals surface area contributed by atoms with Crippen LogP contribution in [0.1, 0.15) is 11.3 Å². The van der Waals surface area contributed by atoms with Crippen LogP contribution in [0.4, 0.5) is 0 Å². The molecule has 0 radical (unpaired) electrons. The van der Waals surface area contributed by atoms with Gasteiger partial charge >= 0.3 is 5.69 Å². The van der Waals surface area contributed by atoms with E-state index in [2.05, 4.69) is 0 Å². The van der Waals surface area contributed by atoms with E-state index < -0.39 is 0 Å². The highest BCUT2D eigenvalue weighted by atomic mass is 35.5. The number of aryl methyl sites for hydroxylation is 1. The molecule has 2 aromatic carbocycles. The summed E-state index contributed by atoms with van der Waals surface area (Å²) in [6.07, 6.45) is 0. The van der Waals surface area contributed by atoms with Crippen LogP contribution in [0.3, 0.4) is 0 Å². The lowest BCUT2D eigenvalue weighted by Gasteiger charge is -2.18. The van der Waals surface area contributed by atoms with E-state index in [1.54, 1.807) is 42.5 Å². The fourth-order valence-electron chi connectivity index (χ4n) is 2.36. The van der Waals surface area contributed by atoms with E-state index in [9.17, 15) is 15.4 Å². The van der Waals surface area contributed by atoms with Crippen molar-refractivity contribution in [3.63, 3.8) is 0 Å². The summed E-state index contributed by atoms with van der Waals surface area (Å²) in [7, 11) is 0. The zero-order chi connectivity index (χ0) is 15.9. The Morgan fingerprint density at radius 1 is 1.23 bits per heavy atom. The molecule has 0 atom stereocenters. The van der Waals surface area contributed by atoms with Gasteiger partial charge in [-0.1, -0.05) is 29.8 Å². The average molecular weight is 312 g/mol. The first-order chi connectivity index (χ1) is 10.5. The van der Waals surface area contributed by atoms with Crippen LogP contribution in [0.2, 0.25) is 5.02 Å². The van der Waals surface area contributed by atoms with Crippen molar-refractivity contribution >= 4 is 22.6 Å². The largest absolute Gasteiger partial charge is 0.805 e. The third-order valence-electron chi connectivity index (χ3n) is 3.42. The lowest BCUT2D eigenvalue weighted by Crippen LogP contribution is -2.24. The molecule has 5 nitrogen and oxygen atoms in total. The summed E-state index contributed by atoms with van der Waals surface area (Å²) in [6, 6.07) is 13.1. The number of aromatic nitrogens is 2. The molecule has 0 saturated carbocycles. The van der Waals surface area contributed by atoms with Crippen molar-refractivity contribution in [3.05, 3.63) is 68.9 Å². The topological polar surface area (TPSA) is 74.8 Å². The molecule has 1 heterocycles. The Kier molecular flexibility index (Phi) is 3.32. The van der Waals surface area contributed by atoms with Gasteiger partial charge in [0, 0.05) is 21.6 Å². The van der Waals surface area contributed by atoms with E-state index in [1.807, 2.05) is 13.0 Å². The molecule has 108 valence electrons. The van der Waals surface area contributed by atoms with Gasteiger partial charge in [0.2, 0.25) is 0 Å². The van der Waals surface area contributed by atoms with Crippen molar-refractivity contribution in [1.82, 2.24) is 4.73 Å². The number of hydrogen-bond acceptors (Lipinski definition) is 3. The summed E-state index contributed by atoms with van der Waals surface area (Å²) in [5.74, 6) is 0. The predicted molar refractivity (Wildman–Crippen MR) is 84.0 cm³/mol. The SMILES string of the molecule is Cc1ccc2c(c1)n([O-])c(-c1ccc(Cl)cc1)c(C#N)[n+]2=O. The summed E-state index contributed by atoms with van der Waals surface area (Å²) in [4.78, 5) is 12.4. The minimum atomic E-state index is -0.242. The zero-order valence-corrected chi connectivity index (χ0v) is 12.3. The smallest absolute Gasteiger partial charge is 0.363 e. The molecule has 3 rings (SSSR count). The van der Waals surface area contributed by atoms with E-state index in [0.29, 0.717) is 19.7 Å². The van der Waals surface area contributed by atoms with E-state index in [4.69, 9.17) is 11.6 Å². The van der Waals surface area contributed by atoms with Crippen molar-refractivity contribution in [2.45, 2.75) is 6.92 Å². The summed E-state index contributed by atoms with van der Waals surface area (Å²) in [5.41, 5.74) is 1.47. The minimum absolute atomic E-state index is 0.0206. The van der Waals surface area contributed by atoms with E-state index in [-0.39, 0.29) is 22.4 Å². The fourth-order valence-corrected chi connectivity index (χ4v) is 2.49. The molecule has 0 unspecified atom stereocenters. The van der Waals surface area contributed by atoms with Gasteiger partial charge in [-0.15, -0.1) is 0 Å². The Morgan fingerprint density at radius 3 is 2.55 bits per heavy atom. The third-order valence-corrected chi connectivity index (χ3v) is 3.67. The first-order valence-electron chi connectivity index (χ1n) is 6.48. The molecule has 22 heavy (non-hydrogen) atoms. The lowest BCUT2D eigenvalue weighted by molar-refractivity contribution is -0.467. The van der Waals surface area contributed by atoms with Crippen LogP contribution >= 0.6 is 11.6 Å². The second-order valence-corrected chi connectivity index (χ2v) is 5.33. The van der Waals surface area contributed by atoms with Crippen LogP contribution in [0.15, 0.2) is 42.5 Å². The maximum absolute atomic E-state index is 12.7. The van der Waals surface area contributed by atoms with Crippen LogP contribution in [-0.2, 0) is 0 Å². The van der Waals surface area contributed by atoms with Crippen LogP contribution in [-0.4, -0.2) is 4.73 Å². The van der Waals surface area contributed by atoms with Crippen LogP contribution in [0.5, 0.6) is 0 Å². The zero-order valence-electron chi connectivity index (χ0n) is 11.6. The predicted octanol–water partition coefficient (Wildman–Crippen LogP) is 3.40. The number of rotatable bonds is 1. The van der Waals surface area contributed by atoms with Gasteiger partial charge in [-0.2, -0.15) is 5.26 Å². The highest BCUT2D eigenvalue weighted by molar-refractivity contribution is 6.30. The fraction of sp³-hybridized carbons (Fsp3) is 0.0625. The first-order valence-corrected chi connectivity index (χ1v) is 6.86.